The zero-order valence-electron chi connectivity index (χ0n) is 30.9. The summed E-state index contributed by atoms with van der Waals surface area (Å²) in [6, 6.07) is 13.4. The number of carbonyl (C=O) groups is 2. The smallest absolute Gasteiger partial charge is 0.270 e. The minimum Gasteiger partial charge on any atom is -0.481 e. The number of hydrogen-bond acceptors (Lipinski definition) is 14. The molecule has 56 heavy (non-hydrogen) atoms. The standard InChI is InChI=1S/C21H20N6O3.C18H17N5O3/c1-29-8-7-27-18-4-2-3-15(16(18)11-24-27)14-9-17-19(23-10-14)30-21(20(28)25-17)5-6-26(12-21)13-22;1-11-13(3-4-15(21-11)25-2)12-7-14-16(20-8-12)26-18(17(24)22-14)5-6-23(9-18)10-19/h2-4,9-11H,5-8,12H2,1H3,(H,25,28);3-4,7-8H,5-6,9H2,1-2H3,(H,22,24)/t21-;/m0./s1. The van der Waals surface area contributed by atoms with Gasteiger partial charge in [-0.25, -0.2) is 15.0 Å². The van der Waals surface area contributed by atoms with Gasteiger partial charge in [-0.1, -0.05) is 12.1 Å². The number of rotatable bonds is 6. The summed E-state index contributed by atoms with van der Waals surface area (Å²) < 4.78 is 24.1. The molecule has 0 aliphatic carbocycles. The number of fused-ring (bicyclic) bond motifs is 3. The summed E-state index contributed by atoms with van der Waals surface area (Å²) in [5.41, 5.74) is 4.29. The number of hydrogen-bond donors (Lipinski definition) is 2. The van der Waals surface area contributed by atoms with Gasteiger partial charge in [0.1, 0.15) is 11.4 Å². The number of carbonyl (C=O) groups excluding carboxylic acids is 2. The second-order valence-corrected chi connectivity index (χ2v) is 13.9. The number of aryl methyl sites for hydroxylation is 1. The van der Waals surface area contributed by atoms with Crippen molar-refractivity contribution in [1.29, 1.82) is 10.5 Å². The van der Waals surface area contributed by atoms with E-state index < -0.39 is 11.2 Å². The van der Waals surface area contributed by atoms with Gasteiger partial charge in [-0.3, -0.25) is 14.3 Å². The normalized spacial score (nSPS) is 20.5. The summed E-state index contributed by atoms with van der Waals surface area (Å²) in [6.07, 6.45) is 10.3. The van der Waals surface area contributed by atoms with Crippen LogP contribution >= 0.6 is 0 Å². The Morgan fingerprint density at radius 1 is 0.839 bits per heavy atom. The predicted octanol–water partition coefficient (Wildman–Crippen LogP) is 3.72. The summed E-state index contributed by atoms with van der Waals surface area (Å²) in [6.45, 7) is 4.59. The van der Waals surface area contributed by atoms with Crippen molar-refractivity contribution in [3.8, 4) is 52.3 Å². The molecular formula is C39H37N11O6. The van der Waals surface area contributed by atoms with Crippen LogP contribution in [0.15, 0.2) is 61.1 Å². The zero-order chi connectivity index (χ0) is 39.0. The molecular weight excluding hydrogens is 718 g/mol. The van der Waals surface area contributed by atoms with E-state index in [-0.39, 0.29) is 24.9 Å². The molecule has 0 bridgehead atoms. The number of methoxy groups -OCH3 is 2. The SMILES string of the molecule is COCCn1ncc2c(-c3cnc4c(c3)NC(=O)[C@@]3(CCN(C#N)C3)O4)cccc21.COc1ccc(-c2cnc3c(c2)NC(=O)C2(CCN(C#N)C2)O3)c(C)n1. The average Bonchev–Trinajstić information content (AvgIpc) is 3.96. The van der Waals surface area contributed by atoms with Gasteiger partial charge in [-0.15, -0.1) is 0 Å². The molecule has 2 atom stereocenters. The van der Waals surface area contributed by atoms with Gasteiger partial charge in [0.05, 0.1) is 45.1 Å². The lowest BCUT2D eigenvalue weighted by molar-refractivity contribution is -0.132. The topological polar surface area (TPSA) is 206 Å². The summed E-state index contributed by atoms with van der Waals surface area (Å²) in [7, 11) is 3.24. The summed E-state index contributed by atoms with van der Waals surface area (Å²) in [5.74, 6) is 0.802. The quantitative estimate of drug-likeness (QED) is 0.237. The van der Waals surface area contributed by atoms with Crippen molar-refractivity contribution in [2.24, 2.45) is 0 Å². The van der Waals surface area contributed by atoms with Gasteiger partial charge in [-0.2, -0.15) is 15.6 Å². The molecule has 1 aromatic carbocycles. The van der Waals surface area contributed by atoms with Crippen molar-refractivity contribution < 1.29 is 28.5 Å². The van der Waals surface area contributed by atoms with Crippen molar-refractivity contribution >= 4 is 34.1 Å². The fraction of sp³-hybridized carbons (Fsp3) is 0.333. The molecule has 8 heterocycles. The second kappa shape index (κ2) is 14.3. The van der Waals surface area contributed by atoms with Crippen molar-refractivity contribution in [2.45, 2.75) is 37.5 Å². The van der Waals surface area contributed by atoms with Crippen molar-refractivity contribution in [3.63, 3.8) is 0 Å². The largest absolute Gasteiger partial charge is 0.481 e. The van der Waals surface area contributed by atoms with Crippen LogP contribution in [-0.2, 0) is 20.9 Å². The maximum atomic E-state index is 12.8. The van der Waals surface area contributed by atoms with Gasteiger partial charge in [0.25, 0.3) is 11.8 Å². The molecule has 1 unspecified atom stereocenters. The third-order valence-electron chi connectivity index (χ3n) is 10.4. The van der Waals surface area contributed by atoms with Crippen LogP contribution < -0.4 is 24.8 Å². The number of benzene rings is 1. The number of aromatic nitrogens is 5. The predicted molar refractivity (Wildman–Crippen MR) is 201 cm³/mol. The van der Waals surface area contributed by atoms with E-state index in [1.54, 1.807) is 32.7 Å². The van der Waals surface area contributed by atoms with Crippen molar-refractivity contribution in [3.05, 3.63) is 66.7 Å². The van der Waals surface area contributed by atoms with Crippen LogP contribution in [0.1, 0.15) is 18.5 Å². The monoisotopic (exact) mass is 755 g/mol. The van der Waals surface area contributed by atoms with Crippen LogP contribution in [0.4, 0.5) is 11.4 Å². The first-order valence-electron chi connectivity index (χ1n) is 17.9. The summed E-state index contributed by atoms with van der Waals surface area (Å²) in [4.78, 5) is 41.7. The second-order valence-electron chi connectivity index (χ2n) is 13.9. The van der Waals surface area contributed by atoms with Gasteiger partial charge >= 0.3 is 0 Å². The summed E-state index contributed by atoms with van der Waals surface area (Å²) in [5, 5.41) is 29.4. The molecule has 4 aliphatic rings. The van der Waals surface area contributed by atoms with Gasteiger partial charge < -0.3 is 39.4 Å². The third-order valence-corrected chi connectivity index (χ3v) is 10.4. The van der Waals surface area contributed by atoms with Crippen molar-refractivity contribution in [1.82, 2.24) is 34.5 Å². The molecule has 4 aromatic heterocycles. The Balaban J connectivity index is 0.000000159. The van der Waals surface area contributed by atoms with E-state index in [0.717, 1.165) is 38.9 Å². The number of anilines is 2. The molecule has 2 fully saturated rings. The molecule has 2 spiro atoms. The molecule has 2 N–H and O–H groups in total. The van der Waals surface area contributed by atoms with Gasteiger partial charge in [0.15, 0.2) is 12.4 Å². The highest BCUT2D eigenvalue weighted by Crippen LogP contribution is 2.41. The Bertz CT molecular complexity index is 2460. The van der Waals surface area contributed by atoms with Gasteiger partial charge in [0, 0.05) is 79.3 Å². The molecule has 2 amide bonds. The fourth-order valence-corrected chi connectivity index (χ4v) is 7.42. The van der Waals surface area contributed by atoms with Crippen LogP contribution in [0.3, 0.4) is 0 Å². The van der Waals surface area contributed by atoms with Gasteiger partial charge in [-0.05, 0) is 36.8 Å². The third kappa shape index (κ3) is 6.37. The minimum absolute atomic E-state index is 0.234. The molecule has 9 rings (SSSR count). The zero-order valence-corrected chi connectivity index (χ0v) is 30.9. The maximum Gasteiger partial charge on any atom is 0.270 e. The van der Waals surface area contributed by atoms with Crippen LogP contribution in [0.25, 0.3) is 33.2 Å². The number of likely N-dealkylation sites (tertiary alicyclic amines) is 2. The lowest BCUT2D eigenvalue weighted by Gasteiger charge is -2.33. The lowest BCUT2D eigenvalue weighted by Crippen LogP contribution is -2.52. The molecule has 0 saturated carbocycles. The van der Waals surface area contributed by atoms with E-state index in [9.17, 15) is 9.59 Å². The van der Waals surface area contributed by atoms with Gasteiger partial charge in [0.2, 0.25) is 28.8 Å². The Kier molecular flexibility index (Phi) is 9.23. The van der Waals surface area contributed by atoms with E-state index in [0.29, 0.717) is 68.1 Å². The number of ether oxygens (including phenoxy) is 4. The highest BCUT2D eigenvalue weighted by Gasteiger charge is 2.51. The molecule has 17 nitrogen and oxygen atoms in total. The van der Waals surface area contributed by atoms with E-state index in [1.165, 1.54) is 9.80 Å². The first-order chi connectivity index (χ1) is 27.2. The highest BCUT2D eigenvalue weighted by molar-refractivity contribution is 6.03. The average molecular weight is 756 g/mol. The van der Waals surface area contributed by atoms with E-state index >= 15 is 0 Å². The Labute approximate surface area is 321 Å². The van der Waals surface area contributed by atoms with Crippen LogP contribution in [0.5, 0.6) is 17.6 Å². The molecule has 4 aliphatic heterocycles. The fourth-order valence-electron chi connectivity index (χ4n) is 7.42. The first kappa shape index (κ1) is 36.0. The van der Waals surface area contributed by atoms with Crippen molar-refractivity contribution in [2.75, 3.05) is 57.6 Å². The molecule has 0 radical (unpaired) electrons. The highest BCUT2D eigenvalue weighted by atomic mass is 16.5. The molecule has 17 heteroatoms. The van der Waals surface area contributed by atoms with Crippen LogP contribution in [-0.4, -0.2) is 105 Å². The summed E-state index contributed by atoms with van der Waals surface area (Å²) >= 11 is 0. The number of nitrogens with one attached hydrogen (secondary N) is 2. The van der Waals surface area contributed by atoms with Crippen LogP contribution in [0, 0.1) is 29.8 Å². The number of pyridine rings is 3. The maximum absolute atomic E-state index is 12.8. The number of amides is 2. The van der Waals surface area contributed by atoms with E-state index in [4.69, 9.17) is 29.5 Å². The molecule has 284 valence electrons. The van der Waals surface area contributed by atoms with Crippen LogP contribution in [0.2, 0.25) is 0 Å². The first-order valence-corrected chi connectivity index (χ1v) is 17.9. The Hall–Kier alpha value is -6.98. The Morgan fingerprint density at radius 3 is 1.98 bits per heavy atom. The molecule has 5 aromatic rings. The lowest BCUT2D eigenvalue weighted by atomic mass is 9.99. The van der Waals surface area contributed by atoms with E-state index in [2.05, 4.69) is 43.1 Å². The Morgan fingerprint density at radius 2 is 1.45 bits per heavy atom. The number of nitrogens with zero attached hydrogens (tertiary/aromatic N) is 9. The number of nitriles is 2. The minimum atomic E-state index is -1.06. The molecule has 2 saturated heterocycles. The van der Waals surface area contributed by atoms with E-state index in [1.807, 2.05) is 54.2 Å².